The fourth-order valence-electron chi connectivity index (χ4n) is 3.81. The van der Waals surface area contributed by atoms with Crippen molar-refractivity contribution in [2.45, 2.75) is 37.8 Å². The Kier molecular flexibility index (Phi) is 5.41. The number of carbonyl (C=O) groups excluding carboxylic acids is 1. The van der Waals surface area contributed by atoms with E-state index >= 15 is 0 Å². The Morgan fingerprint density at radius 3 is 2.93 bits per heavy atom. The lowest BCUT2D eigenvalue weighted by atomic mass is 9.74. The van der Waals surface area contributed by atoms with E-state index < -0.39 is 0 Å². The number of thioether (sulfide) groups is 1. The van der Waals surface area contributed by atoms with E-state index in [0.717, 1.165) is 29.1 Å². The van der Waals surface area contributed by atoms with E-state index in [1.807, 2.05) is 24.3 Å². The van der Waals surface area contributed by atoms with Gasteiger partial charge in [-0.15, -0.1) is 0 Å². The van der Waals surface area contributed by atoms with Crippen LogP contribution in [0.15, 0.2) is 59.9 Å². The first-order chi connectivity index (χ1) is 13.9. The van der Waals surface area contributed by atoms with E-state index in [-0.39, 0.29) is 23.2 Å². The minimum atomic E-state index is -0.293. The van der Waals surface area contributed by atoms with Gasteiger partial charge in [-0.2, -0.15) is 5.10 Å². The molecule has 1 aromatic carbocycles. The van der Waals surface area contributed by atoms with Crippen molar-refractivity contribution in [3.8, 4) is 5.69 Å². The molecule has 0 bridgehead atoms. The first-order valence-electron chi connectivity index (χ1n) is 9.57. The lowest BCUT2D eigenvalue weighted by Crippen LogP contribution is -2.37. The fourth-order valence-corrected chi connectivity index (χ4v) is 4.48. The molecule has 0 fully saturated rings. The Morgan fingerprint density at radius 2 is 2.17 bits per heavy atom. The Hall–Kier alpha value is -2.67. The predicted molar refractivity (Wildman–Crippen MR) is 111 cm³/mol. The van der Waals surface area contributed by atoms with Gasteiger partial charge in [0.05, 0.1) is 34.4 Å². The molecule has 0 saturated carbocycles. The first kappa shape index (κ1) is 19.6. The standard InChI is InChI=1S/C22H23FN4OS/c1-22(2)11-18(26-20(28)14-29-21-8-3-4-9-24-21)17-13-25-27(19(17)12-22)16-7-5-6-15(23)10-16/h3-10,13,18H,11-12,14H2,1-2H3,(H,26,28)/t18-/m0/s1. The van der Waals surface area contributed by atoms with E-state index in [1.165, 1.54) is 23.9 Å². The number of halogens is 1. The number of amides is 1. The van der Waals surface area contributed by atoms with Crippen LogP contribution in [0.1, 0.15) is 37.6 Å². The number of carbonyl (C=O) groups is 1. The highest BCUT2D eigenvalue weighted by molar-refractivity contribution is 7.99. The van der Waals surface area contributed by atoms with Crippen molar-refractivity contribution < 1.29 is 9.18 Å². The van der Waals surface area contributed by atoms with Crippen molar-refractivity contribution in [1.29, 1.82) is 0 Å². The lowest BCUT2D eigenvalue weighted by Gasteiger charge is -2.36. The van der Waals surface area contributed by atoms with Crippen molar-refractivity contribution in [1.82, 2.24) is 20.1 Å². The lowest BCUT2D eigenvalue weighted by molar-refractivity contribution is -0.119. The van der Waals surface area contributed by atoms with E-state index in [1.54, 1.807) is 23.1 Å². The summed E-state index contributed by atoms with van der Waals surface area (Å²) in [7, 11) is 0. The Labute approximate surface area is 173 Å². The van der Waals surface area contributed by atoms with Crippen molar-refractivity contribution in [3.63, 3.8) is 0 Å². The molecule has 150 valence electrons. The molecule has 0 radical (unpaired) electrons. The van der Waals surface area contributed by atoms with Gasteiger partial charge in [0.25, 0.3) is 0 Å². The van der Waals surface area contributed by atoms with Crippen LogP contribution < -0.4 is 5.32 Å². The Balaban J connectivity index is 1.54. The summed E-state index contributed by atoms with van der Waals surface area (Å²) in [4.78, 5) is 16.8. The van der Waals surface area contributed by atoms with Crippen LogP contribution in [-0.4, -0.2) is 26.4 Å². The van der Waals surface area contributed by atoms with Crippen molar-refractivity contribution >= 4 is 17.7 Å². The van der Waals surface area contributed by atoms with Crippen LogP contribution >= 0.6 is 11.8 Å². The highest BCUT2D eigenvalue weighted by Gasteiger charge is 2.36. The molecule has 2 aromatic heterocycles. The highest BCUT2D eigenvalue weighted by Crippen LogP contribution is 2.41. The van der Waals surface area contributed by atoms with Gasteiger partial charge in [-0.3, -0.25) is 4.79 Å². The topological polar surface area (TPSA) is 59.8 Å². The molecule has 0 spiro atoms. The number of nitrogens with zero attached hydrogens (tertiary/aromatic N) is 3. The maximum Gasteiger partial charge on any atom is 0.230 e. The highest BCUT2D eigenvalue weighted by atomic mass is 32.2. The van der Waals surface area contributed by atoms with Crippen LogP contribution in [-0.2, 0) is 11.2 Å². The smallest absolute Gasteiger partial charge is 0.230 e. The number of benzene rings is 1. The molecule has 0 unspecified atom stereocenters. The summed E-state index contributed by atoms with van der Waals surface area (Å²) >= 11 is 1.42. The summed E-state index contributed by atoms with van der Waals surface area (Å²) in [5, 5.41) is 8.50. The molecule has 1 atom stereocenters. The largest absolute Gasteiger partial charge is 0.348 e. The maximum atomic E-state index is 13.7. The molecule has 0 saturated heterocycles. The molecule has 7 heteroatoms. The van der Waals surface area contributed by atoms with Crippen LogP contribution in [0.2, 0.25) is 0 Å². The van der Waals surface area contributed by atoms with Gasteiger partial charge in [0.2, 0.25) is 5.91 Å². The normalized spacial score (nSPS) is 17.6. The number of fused-ring (bicyclic) bond motifs is 1. The SMILES string of the molecule is CC1(C)Cc2c(cnn2-c2cccc(F)c2)[C@@H](NC(=O)CSc2ccccn2)C1. The second-order valence-corrected chi connectivity index (χ2v) is 9.06. The quantitative estimate of drug-likeness (QED) is 0.636. The van der Waals surface area contributed by atoms with Crippen molar-refractivity contribution in [2.75, 3.05) is 5.75 Å². The van der Waals surface area contributed by atoms with E-state index in [0.29, 0.717) is 11.4 Å². The van der Waals surface area contributed by atoms with Crippen LogP contribution in [0.4, 0.5) is 4.39 Å². The summed E-state index contributed by atoms with van der Waals surface area (Å²) < 4.78 is 15.5. The van der Waals surface area contributed by atoms with Crippen molar-refractivity contribution in [3.05, 3.63) is 71.9 Å². The van der Waals surface area contributed by atoms with Gasteiger partial charge in [-0.25, -0.2) is 14.1 Å². The van der Waals surface area contributed by atoms with E-state index in [9.17, 15) is 9.18 Å². The van der Waals surface area contributed by atoms with Gasteiger partial charge in [0.15, 0.2) is 0 Å². The van der Waals surface area contributed by atoms with Gasteiger partial charge in [-0.05, 0) is 48.6 Å². The zero-order chi connectivity index (χ0) is 20.4. The minimum absolute atomic E-state index is 0.00974. The summed E-state index contributed by atoms with van der Waals surface area (Å²) in [5.74, 6) is -0.0209. The summed E-state index contributed by atoms with van der Waals surface area (Å²) in [6.07, 6.45) is 5.16. The van der Waals surface area contributed by atoms with Gasteiger partial charge in [0, 0.05) is 11.8 Å². The van der Waals surface area contributed by atoms with Gasteiger partial charge >= 0.3 is 0 Å². The molecule has 5 nitrogen and oxygen atoms in total. The average molecular weight is 411 g/mol. The van der Waals surface area contributed by atoms with Gasteiger partial charge in [0.1, 0.15) is 5.82 Å². The molecule has 29 heavy (non-hydrogen) atoms. The summed E-state index contributed by atoms with van der Waals surface area (Å²) in [6, 6.07) is 12.0. The summed E-state index contributed by atoms with van der Waals surface area (Å²) in [5.41, 5.74) is 2.71. The number of nitrogens with one attached hydrogen (secondary N) is 1. The maximum absolute atomic E-state index is 13.7. The molecule has 1 aliphatic carbocycles. The zero-order valence-electron chi connectivity index (χ0n) is 16.4. The number of rotatable bonds is 5. The van der Waals surface area contributed by atoms with Crippen LogP contribution in [0, 0.1) is 11.2 Å². The fraction of sp³-hybridized carbons (Fsp3) is 0.318. The molecule has 2 heterocycles. The second kappa shape index (κ2) is 7.99. The second-order valence-electron chi connectivity index (χ2n) is 8.06. The third-order valence-corrected chi connectivity index (χ3v) is 6.00. The number of pyridine rings is 1. The summed E-state index contributed by atoms with van der Waals surface area (Å²) in [6.45, 7) is 4.36. The monoisotopic (exact) mass is 410 g/mol. The van der Waals surface area contributed by atoms with E-state index in [4.69, 9.17) is 0 Å². The van der Waals surface area contributed by atoms with Crippen molar-refractivity contribution in [2.24, 2.45) is 5.41 Å². The zero-order valence-corrected chi connectivity index (χ0v) is 17.2. The van der Waals surface area contributed by atoms with Gasteiger partial charge < -0.3 is 5.32 Å². The molecule has 3 aromatic rings. The molecule has 0 aliphatic heterocycles. The Morgan fingerprint density at radius 1 is 1.31 bits per heavy atom. The third-order valence-electron chi connectivity index (χ3n) is 5.06. The Bertz CT molecular complexity index is 1020. The van der Waals surface area contributed by atoms with Crippen LogP contribution in [0.5, 0.6) is 0 Å². The van der Waals surface area contributed by atoms with Crippen LogP contribution in [0.3, 0.4) is 0 Å². The van der Waals surface area contributed by atoms with Crippen LogP contribution in [0.25, 0.3) is 5.69 Å². The average Bonchev–Trinajstić information content (AvgIpc) is 3.10. The predicted octanol–water partition coefficient (Wildman–Crippen LogP) is 4.33. The molecular formula is C22H23FN4OS. The number of hydrogen-bond donors (Lipinski definition) is 1. The minimum Gasteiger partial charge on any atom is -0.348 e. The number of aromatic nitrogens is 3. The molecule has 1 N–H and O–H groups in total. The third kappa shape index (κ3) is 4.50. The van der Waals surface area contributed by atoms with Gasteiger partial charge in [-0.1, -0.05) is 37.7 Å². The molecular weight excluding hydrogens is 387 g/mol. The number of hydrogen-bond acceptors (Lipinski definition) is 4. The van der Waals surface area contributed by atoms with E-state index in [2.05, 4.69) is 29.2 Å². The molecule has 1 aliphatic rings. The molecule has 4 rings (SSSR count). The first-order valence-corrected chi connectivity index (χ1v) is 10.6. The molecule has 1 amide bonds.